The zero-order valence-corrected chi connectivity index (χ0v) is 14.4. The largest absolute Gasteiger partial charge is 0.369 e. The van der Waals surface area contributed by atoms with Gasteiger partial charge in [-0.25, -0.2) is 0 Å². The smallest absolute Gasteiger partial charge is 0.124 e. The van der Waals surface area contributed by atoms with Crippen LogP contribution in [0, 0.1) is 0 Å². The summed E-state index contributed by atoms with van der Waals surface area (Å²) in [4.78, 5) is 5.05. The summed E-state index contributed by atoms with van der Waals surface area (Å²) in [5, 5.41) is 3.95. The molecule has 4 nitrogen and oxygen atoms in total. The van der Waals surface area contributed by atoms with Crippen LogP contribution < -0.4 is 4.90 Å². The molecule has 2 heterocycles. The van der Waals surface area contributed by atoms with Gasteiger partial charge in [-0.1, -0.05) is 37.2 Å². The Bertz CT molecular complexity index is 505. The van der Waals surface area contributed by atoms with Gasteiger partial charge in [-0.05, 0) is 37.9 Å². The van der Waals surface area contributed by atoms with Crippen LogP contribution in [0.4, 0.5) is 5.69 Å². The summed E-state index contributed by atoms with van der Waals surface area (Å²) < 4.78 is 4.85. The molecule has 0 radical (unpaired) electrons. The number of rotatable bonds is 6. The van der Waals surface area contributed by atoms with E-state index in [2.05, 4.69) is 45.3 Å². The lowest BCUT2D eigenvalue weighted by Gasteiger charge is -2.36. The van der Waals surface area contributed by atoms with E-state index in [9.17, 15) is 0 Å². The molecule has 0 saturated carbocycles. The molecule has 3 rings (SSSR count). The molecule has 1 aliphatic heterocycles. The maximum absolute atomic E-state index is 4.85. The minimum atomic E-state index is 1.03. The normalized spacial score (nSPS) is 15.1. The maximum Gasteiger partial charge on any atom is 0.124 e. The van der Waals surface area contributed by atoms with Gasteiger partial charge in [0.25, 0.3) is 0 Å². The molecule has 0 bridgehead atoms. The monoisotopic (exact) mass is 315 g/mol. The average Bonchev–Trinajstić information content (AvgIpc) is 3.15. The molecule has 0 unspecified atom stereocenters. The summed E-state index contributed by atoms with van der Waals surface area (Å²) >= 11 is 0. The number of aromatic nitrogens is 1. The van der Waals surface area contributed by atoms with Crippen LogP contribution in [0.5, 0.6) is 0 Å². The van der Waals surface area contributed by atoms with Gasteiger partial charge in [0, 0.05) is 37.9 Å². The van der Waals surface area contributed by atoms with Crippen LogP contribution in [-0.2, 0) is 6.42 Å². The van der Waals surface area contributed by atoms with E-state index in [1.54, 1.807) is 6.26 Å². The van der Waals surface area contributed by atoms with E-state index in [1.807, 2.05) is 19.9 Å². The third-order valence-corrected chi connectivity index (χ3v) is 4.14. The number of hydrogen-bond acceptors (Lipinski definition) is 4. The molecule has 23 heavy (non-hydrogen) atoms. The molecule has 0 amide bonds. The average molecular weight is 315 g/mol. The van der Waals surface area contributed by atoms with E-state index in [-0.39, 0.29) is 0 Å². The van der Waals surface area contributed by atoms with Crippen molar-refractivity contribution in [2.45, 2.75) is 33.1 Å². The molecule has 1 saturated heterocycles. The second-order valence-corrected chi connectivity index (χ2v) is 5.61. The Hall–Kier alpha value is -1.81. The molecule has 0 aliphatic carbocycles. The first-order chi connectivity index (χ1) is 11.4. The molecular weight excluding hydrogens is 286 g/mol. The summed E-state index contributed by atoms with van der Waals surface area (Å²) in [5.41, 5.74) is 2.42. The predicted molar refractivity (Wildman–Crippen MR) is 95.9 cm³/mol. The standard InChI is InChI=1S/C17H23N3O.C2H6/c1-2-7-17(8-3-1)20-13-11-19(12-14-20)10-5-4-6-16-9-15-21-18-16;1-2/h1-3,7-9,15H,4-6,10-14H2;1-2H3. The van der Waals surface area contributed by atoms with Gasteiger partial charge in [-0.2, -0.15) is 0 Å². The van der Waals surface area contributed by atoms with E-state index >= 15 is 0 Å². The van der Waals surface area contributed by atoms with Crippen molar-refractivity contribution < 1.29 is 4.52 Å². The van der Waals surface area contributed by atoms with E-state index in [0.717, 1.165) is 25.2 Å². The van der Waals surface area contributed by atoms with Crippen LogP contribution in [0.25, 0.3) is 0 Å². The lowest BCUT2D eigenvalue weighted by Crippen LogP contribution is -2.46. The first-order valence-electron chi connectivity index (χ1n) is 8.83. The number of benzene rings is 1. The van der Waals surface area contributed by atoms with Crippen molar-refractivity contribution >= 4 is 5.69 Å². The van der Waals surface area contributed by atoms with E-state index in [0.29, 0.717) is 0 Å². The molecular formula is C19H29N3O. The second kappa shape index (κ2) is 10.1. The number of anilines is 1. The van der Waals surface area contributed by atoms with Crippen LogP contribution in [0.3, 0.4) is 0 Å². The zero-order chi connectivity index (χ0) is 16.3. The Labute approximate surface area is 140 Å². The Morgan fingerprint density at radius 1 is 0.957 bits per heavy atom. The third-order valence-electron chi connectivity index (χ3n) is 4.14. The Kier molecular flexibility index (Phi) is 7.67. The number of piperazine rings is 1. The highest BCUT2D eigenvalue weighted by Gasteiger charge is 2.16. The Morgan fingerprint density at radius 2 is 1.70 bits per heavy atom. The van der Waals surface area contributed by atoms with Gasteiger partial charge in [-0.3, -0.25) is 4.90 Å². The highest BCUT2D eigenvalue weighted by molar-refractivity contribution is 5.46. The number of nitrogens with zero attached hydrogens (tertiary/aromatic N) is 3. The van der Waals surface area contributed by atoms with Gasteiger partial charge in [0.15, 0.2) is 0 Å². The van der Waals surface area contributed by atoms with Crippen LogP contribution in [-0.4, -0.2) is 42.8 Å². The number of para-hydroxylation sites is 1. The van der Waals surface area contributed by atoms with Crippen molar-refractivity contribution in [1.29, 1.82) is 0 Å². The van der Waals surface area contributed by atoms with Crippen LogP contribution >= 0.6 is 0 Å². The molecule has 2 aromatic rings. The van der Waals surface area contributed by atoms with Crippen LogP contribution in [0.15, 0.2) is 47.2 Å². The summed E-state index contributed by atoms with van der Waals surface area (Å²) in [6, 6.07) is 12.7. The Balaban J connectivity index is 0.000000924. The second-order valence-electron chi connectivity index (χ2n) is 5.61. The molecule has 0 atom stereocenters. The number of aryl methyl sites for hydroxylation is 1. The molecule has 126 valence electrons. The molecule has 0 N–H and O–H groups in total. The van der Waals surface area contributed by atoms with Crippen LogP contribution in [0.1, 0.15) is 32.4 Å². The van der Waals surface area contributed by atoms with Crippen molar-refractivity contribution in [1.82, 2.24) is 10.1 Å². The zero-order valence-electron chi connectivity index (χ0n) is 14.4. The summed E-state index contributed by atoms with van der Waals surface area (Å²) in [5.74, 6) is 0. The molecule has 0 spiro atoms. The van der Waals surface area contributed by atoms with Crippen LogP contribution in [0.2, 0.25) is 0 Å². The molecule has 1 fully saturated rings. The van der Waals surface area contributed by atoms with E-state index in [4.69, 9.17) is 4.52 Å². The summed E-state index contributed by atoms with van der Waals surface area (Å²) in [6.45, 7) is 9.79. The topological polar surface area (TPSA) is 32.5 Å². The summed E-state index contributed by atoms with van der Waals surface area (Å²) in [7, 11) is 0. The fourth-order valence-electron chi connectivity index (χ4n) is 2.88. The fourth-order valence-corrected chi connectivity index (χ4v) is 2.88. The predicted octanol–water partition coefficient (Wildman–Crippen LogP) is 3.85. The highest BCUT2D eigenvalue weighted by Crippen LogP contribution is 2.15. The van der Waals surface area contributed by atoms with Gasteiger partial charge in [-0.15, -0.1) is 0 Å². The van der Waals surface area contributed by atoms with Crippen molar-refractivity contribution in [2.24, 2.45) is 0 Å². The minimum absolute atomic E-state index is 1.03. The summed E-state index contributed by atoms with van der Waals surface area (Å²) in [6.07, 6.45) is 5.10. The molecule has 1 aliphatic rings. The van der Waals surface area contributed by atoms with Gasteiger partial charge < -0.3 is 9.42 Å². The third kappa shape index (κ3) is 5.71. The van der Waals surface area contributed by atoms with Crippen molar-refractivity contribution in [2.75, 3.05) is 37.6 Å². The number of unbranched alkanes of at least 4 members (excludes halogenated alkanes) is 1. The fraction of sp³-hybridized carbons (Fsp3) is 0.526. The van der Waals surface area contributed by atoms with Gasteiger partial charge in [0.1, 0.15) is 6.26 Å². The first-order valence-corrected chi connectivity index (χ1v) is 8.83. The molecule has 1 aromatic carbocycles. The lowest BCUT2D eigenvalue weighted by molar-refractivity contribution is 0.253. The SMILES string of the molecule is CC.c1ccc(N2CCN(CCCCc3ccon3)CC2)cc1. The lowest BCUT2D eigenvalue weighted by atomic mass is 10.2. The highest BCUT2D eigenvalue weighted by atomic mass is 16.5. The van der Waals surface area contributed by atoms with Gasteiger partial charge in [0.2, 0.25) is 0 Å². The molecule has 4 heteroatoms. The minimum Gasteiger partial charge on any atom is -0.369 e. The van der Waals surface area contributed by atoms with Gasteiger partial charge >= 0.3 is 0 Å². The molecule has 1 aromatic heterocycles. The van der Waals surface area contributed by atoms with Crippen molar-refractivity contribution in [3.8, 4) is 0 Å². The van der Waals surface area contributed by atoms with E-state index in [1.165, 1.54) is 38.2 Å². The van der Waals surface area contributed by atoms with Gasteiger partial charge in [0.05, 0.1) is 5.69 Å². The van der Waals surface area contributed by atoms with Crippen molar-refractivity contribution in [3.05, 3.63) is 48.4 Å². The number of hydrogen-bond donors (Lipinski definition) is 0. The van der Waals surface area contributed by atoms with Crippen molar-refractivity contribution in [3.63, 3.8) is 0 Å². The van der Waals surface area contributed by atoms with E-state index < -0.39 is 0 Å². The maximum atomic E-state index is 4.85. The quantitative estimate of drug-likeness (QED) is 0.758. The first kappa shape index (κ1) is 17.5. The Morgan fingerprint density at radius 3 is 2.35 bits per heavy atom.